The van der Waals surface area contributed by atoms with Crippen molar-refractivity contribution in [3.8, 4) is 0 Å². The third-order valence-electron chi connectivity index (χ3n) is 4.87. The second-order valence-electron chi connectivity index (χ2n) is 6.86. The number of aliphatic hydroxyl groups is 1. The maximum absolute atomic E-state index is 10.5. The van der Waals surface area contributed by atoms with Gasteiger partial charge in [0, 0.05) is 25.2 Å². The van der Waals surface area contributed by atoms with Crippen LogP contribution in [-0.2, 0) is 0 Å². The molecule has 2 rings (SSSR count). The molecule has 0 bridgehead atoms. The van der Waals surface area contributed by atoms with Gasteiger partial charge in [-0.05, 0) is 58.4 Å². The minimum atomic E-state index is -0.433. The Morgan fingerprint density at radius 3 is 2.50 bits per heavy atom. The first-order chi connectivity index (χ1) is 8.48. The summed E-state index contributed by atoms with van der Waals surface area (Å²) in [5.41, 5.74) is -0.433. The quantitative estimate of drug-likeness (QED) is 0.805. The van der Waals surface area contributed by atoms with Crippen LogP contribution in [0.5, 0.6) is 0 Å². The maximum Gasteiger partial charge on any atom is 0.0771 e. The molecule has 1 unspecified atom stereocenters. The van der Waals surface area contributed by atoms with Crippen LogP contribution in [0.2, 0.25) is 0 Å². The molecule has 1 heterocycles. The molecule has 1 saturated heterocycles. The van der Waals surface area contributed by atoms with Crippen LogP contribution in [0, 0.1) is 5.92 Å². The number of nitrogens with one attached hydrogen (secondary N) is 1. The Hall–Kier alpha value is -0.120. The molecular weight excluding hydrogens is 224 g/mol. The SMILES string of the molecule is CC1CCC(O)(CNC2CCN(C(C)C)C2)CC1. The van der Waals surface area contributed by atoms with Gasteiger partial charge >= 0.3 is 0 Å². The lowest BCUT2D eigenvalue weighted by molar-refractivity contribution is -0.00799. The fraction of sp³-hybridized carbons (Fsp3) is 1.00. The largest absolute Gasteiger partial charge is 0.389 e. The molecule has 1 saturated carbocycles. The van der Waals surface area contributed by atoms with Crippen LogP contribution in [0.1, 0.15) is 52.9 Å². The summed E-state index contributed by atoms with van der Waals surface area (Å²) in [5.74, 6) is 0.799. The molecule has 0 amide bonds. The van der Waals surface area contributed by atoms with Crippen molar-refractivity contribution in [1.82, 2.24) is 10.2 Å². The lowest BCUT2D eigenvalue weighted by Gasteiger charge is -2.36. The summed E-state index contributed by atoms with van der Waals surface area (Å²) in [6.45, 7) is 9.95. The Balaban J connectivity index is 1.72. The lowest BCUT2D eigenvalue weighted by atomic mass is 9.79. The molecule has 0 aromatic heterocycles. The second-order valence-corrected chi connectivity index (χ2v) is 6.86. The van der Waals surface area contributed by atoms with Crippen molar-refractivity contribution < 1.29 is 5.11 Å². The first kappa shape index (κ1) is 14.3. The van der Waals surface area contributed by atoms with E-state index < -0.39 is 5.60 Å². The number of likely N-dealkylation sites (tertiary alicyclic amines) is 1. The maximum atomic E-state index is 10.5. The summed E-state index contributed by atoms with van der Waals surface area (Å²) in [4.78, 5) is 2.52. The van der Waals surface area contributed by atoms with Gasteiger partial charge in [0.15, 0.2) is 0 Å². The Bertz CT molecular complexity index is 259. The highest BCUT2D eigenvalue weighted by Crippen LogP contribution is 2.31. The van der Waals surface area contributed by atoms with Crippen LogP contribution in [-0.4, -0.2) is 47.3 Å². The van der Waals surface area contributed by atoms with E-state index in [1.54, 1.807) is 0 Å². The van der Waals surface area contributed by atoms with Crippen LogP contribution in [0.15, 0.2) is 0 Å². The van der Waals surface area contributed by atoms with Crippen LogP contribution in [0.3, 0.4) is 0 Å². The zero-order valence-corrected chi connectivity index (χ0v) is 12.3. The van der Waals surface area contributed by atoms with Crippen LogP contribution < -0.4 is 5.32 Å². The molecule has 1 aliphatic carbocycles. The summed E-state index contributed by atoms with van der Waals surface area (Å²) >= 11 is 0. The van der Waals surface area contributed by atoms with Crippen molar-refractivity contribution in [2.45, 2.75) is 70.6 Å². The molecule has 106 valence electrons. The fourth-order valence-electron chi connectivity index (χ4n) is 3.23. The molecule has 0 aromatic rings. The average Bonchev–Trinajstić information content (AvgIpc) is 2.80. The van der Waals surface area contributed by atoms with Gasteiger partial charge in [-0.1, -0.05) is 6.92 Å². The van der Waals surface area contributed by atoms with E-state index in [2.05, 4.69) is 31.0 Å². The Labute approximate surface area is 112 Å². The molecule has 3 heteroatoms. The summed E-state index contributed by atoms with van der Waals surface area (Å²) in [7, 11) is 0. The Morgan fingerprint density at radius 2 is 1.94 bits per heavy atom. The molecular formula is C15H30N2O. The molecule has 2 aliphatic rings. The van der Waals surface area contributed by atoms with E-state index in [1.165, 1.54) is 25.8 Å². The highest BCUT2D eigenvalue weighted by molar-refractivity contribution is 4.90. The monoisotopic (exact) mass is 254 g/mol. The van der Waals surface area contributed by atoms with Gasteiger partial charge in [0.1, 0.15) is 0 Å². The van der Waals surface area contributed by atoms with E-state index in [4.69, 9.17) is 0 Å². The molecule has 2 fully saturated rings. The first-order valence-corrected chi connectivity index (χ1v) is 7.68. The summed E-state index contributed by atoms with van der Waals surface area (Å²) in [6.07, 6.45) is 5.54. The molecule has 0 radical (unpaired) electrons. The highest BCUT2D eigenvalue weighted by atomic mass is 16.3. The Morgan fingerprint density at radius 1 is 1.28 bits per heavy atom. The third kappa shape index (κ3) is 3.69. The summed E-state index contributed by atoms with van der Waals surface area (Å²) in [5, 5.41) is 14.1. The van der Waals surface area contributed by atoms with Gasteiger partial charge in [-0.25, -0.2) is 0 Å². The zero-order chi connectivity index (χ0) is 13.2. The Kier molecular flexibility index (Phi) is 4.68. The lowest BCUT2D eigenvalue weighted by Crippen LogP contribution is -2.47. The number of nitrogens with zero attached hydrogens (tertiary/aromatic N) is 1. The predicted molar refractivity (Wildman–Crippen MR) is 75.7 cm³/mol. The second kappa shape index (κ2) is 5.89. The number of hydrogen-bond donors (Lipinski definition) is 2. The van der Waals surface area contributed by atoms with Gasteiger partial charge in [-0.15, -0.1) is 0 Å². The van der Waals surface area contributed by atoms with Crippen LogP contribution >= 0.6 is 0 Å². The van der Waals surface area contributed by atoms with Crippen LogP contribution in [0.25, 0.3) is 0 Å². The van der Waals surface area contributed by atoms with Crippen molar-refractivity contribution in [3.05, 3.63) is 0 Å². The van der Waals surface area contributed by atoms with Gasteiger partial charge in [-0.2, -0.15) is 0 Å². The summed E-state index contributed by atoms with van der Waals surface area (Å²) in [6, 6.07) is 1.23. The van der Waals surface area contributed by atoms with E-state index in [0.29, 0.717) is 12.1 Å². The van der Waals surface area contributed by atoms with Crippen molar-refractivity contribution >= 4 is 0 Å². The number of rotatable bonds is 4. The smallest absolute Gasteiger partial charge is 0.0771 e. The molecule has 2 N–H and O–H groups in total. The highest BCUT2D eigenvalue weighted by Gasteiger charge is 2.33. The average molecular weight is 254 g/mol. The molecule has 18 heavy (non-hydrogen) atoms. The van der Waals surface area contributed by atoms with Crippen molar-refractivity contribution in [2.24, 2.45) is 5.92 Å². The van der Waals surface area contributed by atoms with Crippen molar-refractivity contribution in [2.75, 3.05) is 19.6 Å². The fourth-order valence-corrected chi connectivity index (χ4v) is 3.23. The third-order valence-corrected chi connectivity index (χ3v) is 4.87. The normalized spacial score (nSPS) is 38.5. The zero-order valence-electron chi connectivity index (χ0n) is 12.3. The molecule has 0 spiro atoms. The predicted octanol–water partition coefficient (Wildman–Crippen LogP) is 2.00. The molecule has 1 atom stereocenters. The number of hydrogen-bond acceptors (Lipinski definition) is 3. The van der Waals surface area contributed by atoms with Crippen molar-refractivity contribution in [3.63, 3.8) is 0 Å². The van der Waals surface area contributed by atoms with Gasteiger partial charge in [0.05, 0.1) is 5.60 Å². The minimum absolute atomic E-state index is 0.433. The summed E-state index contributed by atoms with van der Waals surface area (Å²) < 4.78 is 0. The van der Waals surface area contributed by atoms with E-state index in [0.717, 1.165) is 31.8 Å². The van der Waals surface area contributed by atoms with Crippen LogP contribution in [0.4, 0.5) is 0 Å². The van der Waals surface area contributed by atoms with Crippen molar-refractivity contribution in [1.29, 1.82) is 0 Å². The van der Waals surface area contributed by atoms with E-state index in [-0.39, 0.29) is 0 Å². The van der Waals surface area contributed by atoms with Gasteiger partial charge in [0.2, 0.25) is 0 Å². The minimum Gasteiger partial charge on any atom is -0.389 e. The van der Waals surface area contributed by atoms with Gasteiger partial charge < -0.3 is 10.4 Å². The first-order valence-electron chi connectivity index (χ1n) is 7.68. The van der Waals surface area contributed by atoms with E-state index >= 15 is 0 Å². The molecule has 0 aromatic carbocycles. The molecule has 1 aliphatic heterocycles. The van der Waals surface area contributed by atoms with E-state index in [9.17, 15) is 5.11 Å². The van der Waals surface area contributed by atoms with Gasteiger partial charge in [0.25, 0.3) is 0 Å². The van der Waals surface area contributed by atoms with Gasteiger partial charge in [-0.3, -0.25) is 4.90 Å². The van der Waals surface area contributed by atoms with E-state index in [1.807, 2.05) is 0 Å². The topological polar surface area (TPSA) is 35.5 Å². The molecule has 3 nitrogen and oxygen atoms in total. The standard InChI is InChI=1S/C15H30N2O/c1-12(2)17-9-6-14(10-17)16-11-15(18)7-4-13(3)5-8-15/h12-14,16,18H,4-11H2,1-3H3.